The Bertz CT molecular complexity index is 347. The lowest BCUT2D eigenvalue weighted by Gasteiger charge is -2.29. The lowest BCUT2D eigenvalue weighted by atomic mass is 9.80. The Hall–Kier alpha value is -0.820. The van der Waals surface area contributed by atoms with Gasteiger partial charge in [0.05, 0.1) is 0 Å². The van der Waals surface area contributed by atoms with E-state index < -0.39 is 0 Å². The quantitative estimate of drug-likeness (QED) is 0.814. The van der Waals surface area contributed by atoms with Gasteiger partial charge < -0.3 is 5.32 Å². The maximum absolute atomic E-state index is 3.76. The molecule has 0 aromatic heterocycles. The van der Waals surface area contributed by atoms with Crippen molar-refractivity contribution < 1.29 is 0 Å². The van der Waals surface area contributed by atoms with Crippen molar-refractivity contribution in [2.24, 2.45) is 5.41 Å². The molecule has 1 aromatic rings. The molecule has 0 unspecified atom stereocenters. The van der Waals surface area contributed by atoms with Crippen LogP contribution in [0.4, 0.5) is 0 Å². The van der Waals surface area contributed by atoms with Gasteiger partial charge >= 0.3 is 0 Å². The van der Waals surface area contributed by atoms with Crippen LogP contribution in [0.3, 0.4) is 0 Å². The monoisotopic (exact) mass is 229 g/mol. The molecule has 0 heterocycles. The van der Waals surface area contributed by atoms with Crippen molar-refractivity contribution >= 4 is 0 Å². The Morgan fingerprint density at radius 1 is 1.06 bits per heavy atom. The van der Waals surface area contributed by atoms with E-state index in [1.807, 2.05) is 0 Å². The fourth-order valence-electron chi connectivity index (χ4n) is 3.22. The molecule has 0 amide bonds. The molecule has 2 aliphatic carbocycles. The first-order valence-electron chi connectivity index (χ1n) is 7.14. The molecular formula is C16H23N. The van der Waals surface area contributed by atoms with Gasteiger partial charge in [0.15, 0.2) is 0 Å². The standard InChI is InChI=1S/C16H23N/c1-2-6-14(7-3-1)12-16(10-4-5-11-16)13-17-15-8-9-15/h1-3,6-7,15,17H,4-5,8-13H2. The predicted molar refractivity (Wildman–Crippen MR) is 72.1 cm³/mol. The minimum Gasteiger partial charge on any atom is -0.313 e. The molecule has 1 heteroatoms. The van der Waals surface area contributed by atoms with Gasteiger partial charge in [0.2, 0.25) is 0 Å². The van der Waals surface area contributed by atoms with Crippen LogP contribution in [0, 0.1) is 5.41 Å². The van der Waals surface area contributed by atoms with E-state index >= 15 is 0 Å². The van der Waals surface area contributed by atoms with E-state index in [0.717, 1.165) is 6.04 Å². The summed E-state index contributed by atoms with van der Waals surface area (Å²) in [6, 6.07) is 11.9. The van der Waals surface area contributed by atoms with E-state index in [1.165, 1.54) is 57.1 Å². The molecule has 2 aliphatic rings. The van der Waals surface area contributed by atoms with Crippen LogP contribution < -0.4 is 5.32 Å². The van der Waals surface area contributed by atoms with Crippen LogP contribution in [0.15, 0.2) is 30.3 Å². The van der Waals surface area contributed by atoms with E-state index in [2.05, 4.69) is 35.6 Å². The van der Waals surface area contributed by atoms with Crippen LogP contribution in [-0.4, -0.2) is 12.6 Å². The van der Waals surface area contributed by atoms with Crippen molar-refractivity contribution in [3.8, 4) is 0 Å². The van der Waals surface area contributed by atoms with Crippen LogP contribution >= 0.6 is 0 Å². The highest BCUT2D eigenvalue weighted by Gasteiger charge is 2.35. The number of nitrogens with one attached hydrogen (secondary N) is 1. The highest BCUT2D eigenvalue weighted by atomic mass is 15.0. The van der Waals surface area contributed by atoms with Gasteiger partial charge in [-0.3, -0.25) is 0 Å². The first-order valence-corrected chi connectivity index (χ1v) is 7.14. The molecule has 0 saturated heterocycles. The van der Waals surface area contributed by atoms with Crippen molar-refractivity contribution in [2.75, 3.05) is 6.54 Å². The third-order valence-electron chi connectivity index (χ3n) is 4.43. The van der Waals surface area contributed by atoms with Crippen molar-refractivity contribution in [1.82, 2.24) is 5.32 Å². The topological polar surface area (TPSA) is 12.0 Å². The summed E-state index contributed by atoms with van der Waals surface area (Å²) in [5.41, 5.74) is 2.08. The Kier molecular flexibility index (Phi) is 3.19. The minimum atomic E-state index is 0.559. The van der Waals surface area contributed by atoms with E-state index in [0.29, 0.717) is 5.41 Å². The van der Waals surface area contributed by atoms with E-state index in [4.69, 9.17) is 0 Å². The number of hydrogen-bond acceptors (Lipinski definition) is 1. The molecule has 0 aliphatic heterocycles. The summed E-state index contributed by atoms with van der Waals surface area (Å²) in [4.78, 5) is 0. The zero-order valence-corrected chi connectivity index (χ0v) is 10.6. The zero-order chi connectivity index (χ0) is 11.6. The van der Waals surface area contributed by atoms with Gasteiger partial charge in [-0.15, -0.1) is 0 Å². The van der Waals surface area contributed by atoms with Gasteiger partial charge in [-0.2, -0.15) is 0 Å². The van der Waals surface area contributed by atoms with E-state index in [-0.39, 0.29) is 0 Å². The molecule has 1 N–H and O–H groups in total. The molecule has 1 nitrogen and oxygen atoms in total. The van der Waals surface area contributed by atoms with Crippen LogP contribution in [0.2, 0.25) is 0 Å². The highest BCUT2D eigenvalue weighted by Crippen LogP contribution is 2.41. The van der Waals surface area contributed by atoms with Crippen molar-refractivity contribution in [1.29, 1.82) is 0 Å². The molecule has 0 bridgehead atoms. The second-order valence-electron chi connectivity index (χ2n) is 6.02. The number of hydrogen-bond donors (Lipinski definition) is 1. The lowest BCUT2D eigenvalue weighted by Crippen LogP contribution is -2.35. The van der Waals surface area contributed by atoms with E-state index in [1.54, 1.807) is 0 Å². The van der Waals surface area contributed by atoms with E-state index in [9.17, 15) is 0 Å². The summed E-state index contributed by atoms with van der Waals surface area (Å²) in [6.07, 6.45) is 9.78. The summed E-state index contributed by atoms with van der Waals surface area (Å²) >= 11 is 0. The van der Waals surface area contributed by atoms with Crippen LogP contribution in [0.25, 0.3) is 0 Å². The van der Waals surface area contributed by atoms with Gasteiger partial charge in [0.25, 0.3) is 0 Å². The second-order valence-corrected chi connectivity index (χ2v) is 6.02. The number of benzene rings is 1. The molecule has 92 valence electrons. The molecular weight excluding hydrogens is 206 g/mol. The number of rotatable bonds is 5. The predicted octanol–water partition coefficient (Wildman–Crippen LogP) is 3.54. The first kappa shape index (κ1) is 11.3. The van der Waals surface area contributed by atoms with Crippen LogP contribution in [0.5, 0.6) is 0 Å². The molecule has 3 rings (SSSR count). The molecule has 0 atom stereocenters. The first-order chi connectivity index (χ1) is 8.36. The SMILES string of the molecule is c1ccc(CC2(CNC3CC3)CCCC2)cc1. The summed E-state index contributed by atoms with van der Waals surface area (Å²) < 4.78 is 0. The van der Waals surface area contributed by atoms with Crippen molar-refractivity contribution in [2.45, 2.75) is 51.0 Å². The van der Waals surface area contributed by atoms with Gasteiger partial charge in [0, 0.05) is 12.6 Å². The summed E-state index contributed by atoms with van der Waals surface area (Å²) in [5, 5.41) is 3.76. The summed E-state index contributed by atoms with van der Waals surface area (Å²) in [5.74, 6) is 0. The summed E-state index contributed by atoms with van der Waals surface area (Å²) in [7, 11) is 0. The maximum Gasteiger partial charge on any atom is 0.00684 e. The Balaban J connectivity index is 1.65. The molecule has 2 fully saturated rings. The average Bonchev–Trinajstić information content (AvgIpc) is 3.09. The van der Waals surface area contributed by atoms with Crippen LogP contribution in [0.1, 0.15) is 44.1 Å². The zero-order valence-electron chi connectivity index (χ0n) is 10.6. The molecule has 0 radical (unpaired) electrons. The third-order valence-corrected chi connectivity index (χ3v) is 4.43. The second kappa shape index (κ2) is 4.81. The molecule has 2 saturated carbocycles. The van der Waals surface area contributed by atoms with Crippen molar-refractivity contribution in [3.63, 3.8) is 0 Å². The van der Waals surface area contributed by atoms with Gasteiger partial charge in [-0.05, 0) is 43.1 Å². The fraction of sp³-hybridized carbons (Fsp3) is 0.625. The maximum atomic E-state index is 3.76. The largest absolute Gasteiger partial charge is 0.313 e. The Morgan fingerprint density at radius 2 is 1.76 bits per heavy atom. The summed E-state index contributed by atoms with van der Waals surface area (Å²) in [6.45, 7) is 1.24. The fourth-order valence-corrected chi connectivity index (χ4v) is 3.22. The van der Waals surface area contributed by atoms with Crippen molar-refractivity contribution in [3.05, 3.63) is 35.9 Å². The normalized spacial score (nSPS) is 22.8. The smallest absolute Gasteiger partial charge is 0.00684 e. The Labute approximate surface area is 105 Å². The molecule has 0 spiro atoms. The highest BCUT2D eigenvalue weighted by molar-refractivity contribution is 5.17. The lowest BCUT2D eigenvalue weighted by molar-refractivity contribution is 0.276. The minimum absolute atomic E-state index is 0.559. The van der Waals surface area contributed by atoms with Gasteiger partial charge in [0.1, 0.15) is 0 Å². The van der Waals surface area contributed by atoms with Gasteiger partial charge in [-0.25, -0.2) is 0 Å². The van der Waals surface area contributed by atoms with Gasteiger partial charge in [-0.1, -0.05) is 43.2 Å². The molecule has 1 aromatic carbocycles. The Morgan fingerprint density at radius 3 is 2.41 bits per heavy atom. The average molecular weight is 229 g/mol. The third kappa shape index (κ3) is 2.90. The van der Waals surface area contributed by atoms with Crippen LogP contribution in [-0.2, 0) is 6.42 Å². The molecule has 17 heavy (non-hydrogen) atoms.